The maximum Gasteiger partial charge on any atom is 0.406 e. The Kier molecular flexibility index (Phi) is 6.00. The Morgan fingerprint density at radius 2 is 2.10 bits per heavy atom. The van der Waals surface area contributed by atoms with E-state index in [9.17, 15) is 22.8 Å². The molecule has 0 radical (unpaired) electrons. The van der Waals surface area contributed by atoms with Gasteiger partial charge in [0, 0.05) is 30.5 Å². The summed E-state index contributed by atoms with van der Waals surface area (Å²) in [6, 6.07) is 1.63. The van der Waals surface area contributed by atoms with E-state index in [1.54, 1.807) is 16.8 Å². The molecule has 1 aromatic rings. The smallest absolute Gasteiger partial charge is 0.351 e. The molecule has 112 valence electrons. The third-order valence-corrected chi connectivity index (χ3v) is 3.20. The highest BCUT2D eigenvalue weighted by Crippen LogP contribution is 2.16. The lowest BCUT2D eigenvalue weighted by atomic mass is 10.3. The first kappa shape index (κ1) is 16.5. The summed E-state index contributed by atoms with van der Waals surface area (Å²) >= 11 is 1.36. The molecule has 1 aromatic heterocycles. The summed E-state index contributed by atoms with van der Waals surface area (Å²) in [5.41, 5.74) is 0.477. The zero-order valence-electron chi connectivity index (χ0n) is 10.9. The van der Waals surface area contributed by atoms with Gasteiger partial charge in [0.25, 0.3) is 5.91 Å². The first-order valence-corrected chi connectivity index (χ1v) is 6.92. The summed E-state index contributed by atoms with van der Waals surface area (Å²) in [5, 5.41) is 5.89. The van der Waals surface area contributed by atoms with Gasteiger partial charge in [-0.05, 0) is 18.4 Å². The number of halogens is 3. The van der Waals surface area contributed by atoms with Crippen molar-refractivity contribution in [3.8, 4) is 0 Å². The molecule has 0 bridgehead atoms. The van der Waals surface area contributed by atoms with E-state index in [1.807, 2.05) is 0 Å². The fraction of sp³-hybridized carbons (Fsp3) is 0.500. The van der Waals surface area contributed by atoms with Crippen LogP contribution in [0.5, 0.6) is 0 Å². The predicted octanol–water partition coefficient (Wildman–Crippen LogP) is 2.28. The van der Waals surface area contributed by atoms with E-state index in [-0.39, 0.29) is 25.4 Å². The number of amides is 2. The van der Waals surface area contributed by atoms with Crippen molar-refractivity contribution in [2.45, 2.75) is 19.5 Å². The highest BCUT2D eigenvalue weighted by atomic mass is 32.1. The van der Waals surface area contributed by atoms with Crippen molar-refractivity contribution < 1.29 is 22.8 Å². The molecule has 0 atom stereocenters. The molecular formula is C12H15F3N2O2S. The number of alkyl halides is 3. The summed E-state index contributed by atoms with van der Waals surface area (Å²) in [6.45, 7) is 0.215. The molecule has 0 saturated heterocycles. The molecule has 0 spiro atoms. The van der Waals surface area contributed by atoms with Gasteiger partial charge in [0.1, 0.15) is 6.54 Å². The van der Waals surface area contributed by atoms with Crippen molar-refractivity contribution in [1.82, 2.24) is 10.2 Å². The lowest BCUT2D eigenvalue weighted by Gasteiger charge is -2.22. The van der Waals surface area contributed by atoms with Crippen LogP contribution in [0.4, 0.5) is 13.2 Å². The van der Waals surface area contributed by atoms with Gasteiger partial charge in [0.2, 0.25) is 5.91 Å². The van der Waals surface area contributed by atoms with Crippen molar-refractivity contribution in [3.63, 3.8) is 0 Å². The van der Waals surface area contributed by atoms with Gasteiger partial charge in [-0.2, -0.15) is 24.5 Å². The summed E-state index contributed by atoms with van der Waals surface area (Å²) < 4.78 is 36.7. The molecule has 2 amide bonds. The highest BCUT2D eigenvalue weighted by molar-refractivity contribution is 7.08. The van der Waals surface area contributed by atoms with E-state index in [4.69, 9.17) is 0 Å². The summed E-state index contributed by atoms with van der Waals surface area (Å²) in [6.07, 6.45) is -4.56. The van der Waals surface area contributed by atoms with Crippen molar-refractivity contribution >= 4 is 23.2 Å². The van der Waals surface area contributed by atoms with Gasteiger partial charge in [0.05, 0.1) is 0 Å². The van der Waals surface area contributed by atoms with Crippen LogP contribution >= 0.6 is 11.3 Å². The van der Waals surface area contributed by atoms with Crippen LogP contribution < -0.4 is 5.32 Å². The van der Waals surface area contributed by atoms with E-state index in [0.29, 0.717) is 5.56 Å². The lowest BCUT2D eigenvalue weighted by Crippen LogP contribution is -2.40. The molecular weight excluding hydrogens is 293 g/mol. The largest absolute Gasteiger partial charge is 0.406 e. The molecule has 0 aliphatic carbocycles. The summed E-state index contributed by atoms with van der Waals surface area (Å²) in [4.78, 5) is 23.9. The Morgan fingerprint density at radius 1 is 1.40 bits per heavy atom. The van der Waals surface area contributed by atoms with Crippen molar-refractivity contribution in [1.29, 1.82) is 0 Å². The Bertz CT molecular complexity index is 446. The molecule has 0 saturated carbocycles. The molecule has 20 heavy (non-hydrogen) atoms. The van der Waals surface area contributed by atoms with Crippen LogP contribution in [0.25, 0.3) is 0 Å². The number of hydrogen-bond donors (Lipinski definition) is 1. The van der Waals surface area contributed by atoms with Crippen LogP contribution in [0.15, 0.2) is 16.8 Å². The van der Waals surface area contributed by atoms with E-state index in [2.05, 4.69) is 5.32 Å². The van der Waals surface area contributed by atoms with Gasteiger partial charge >= 0.3 is 6.18 Å². The Hall–Kier alpha value is -1.57. The van der Waals surface area contributed by atoms with Crippen LogP contribution in [-0.4, -0.2) is 42.5 Å². The number of thiophene rings is 1. The second-order valence-corrected chi connectivity index (χ2v) is 4.82. The maximum atomic E-state index is 12.2. The minimum Gasteiger partial charge on any atom is -0.351 e. The topological polar surface area (TPSA) is 49.4 Å². The molecule has 1 rings (SSSR count). The van der Waals surface area contributed by atoms with Gasteiger partial charge in [0.15, 0.2) is 0 Å². The lowest BCUT2D eigenvalue weighted by molar-refractivity contribution is -0.160. The molecule has 4 nitrogen and oxygen atoms in total. The maximum absolute atomic E-state index is 12.2. The molecule has 0 aliphatic rings. The minimum atomic E-state index is -4.41. The Morgan fingerprint density at radius 3 is 2.60 bits per heavy atom. The van der Waals surface area contributed by atoms with Crippen molar-refractivity contribution in [2.24, 2.45) is 0 Å². The second-order valence-electron chi connectivity index (χ2n) is 4.04. The SMILES string of the molecule is CCN(CC(F)(F)F)C(=O)CCNC(=O)c1ccsc1. The molecule has 8 heteroatoms. The van der Waals surface area contributed by atoms with Crippen LogP contribution in [0.3, 0.4) is 0 Å². The van der Waals surface area contributed by atoms with E-state index in [1.165, 1.54) is 18.3 Å². The van der Waals surface area contributed by atoms with Gasteiger partial charge < -0.3 is 10.2 Å². The number of carbonyl (C=O) groups is 2. The third-order valence-electron chi connectivity index (χ3n) is 2.51. The number of nitrogens with one attached hydrogen (secondary N) is 1. The van der Waals surface area contributed by atoms with Crippen LogP contribution in [0.1, 0.15) is 23.7 Å². The Labute approximate surface area is 118 Å². The fourth-order valence-electron chi connectivity index (χ4n) is 1.53. The van der Waals surface area contributed by atoms with Gasteiger partial charge in [-0.25, -0.2) is 0 Å². The first-order chi connectivity index (χ1) is 9.33. The normalized spacial score (nSPS) is 11.2. The fourth-order valence-corrected chi connectivity index (χ4v) is 2.17. The van der Waals surface area contributed by atoms with Crippen molar-refractivity contribution in [2.75, 3.05) is 19.6 Å². The van der Waals surface area contributed by atoms with E-state index < -0.39 is 18.6 Å². The molecule has 1 heterocycles. The number of hydrogen-bond acceptors (Lipinski definition) is 3. The van der Waals surface area contributed by atoms with Gasteiger partial charge in [-0.3, -0.25) is 9.59 Å². The van der Waals surface area contributed by atoms with Crippen LogP contribution in [-0.2, 0) is 4.79 Å². The predicted molar refractivity (Wildman–Crippen MR) is 69.6 cm³/mol. The number of rotatable bonds is 6. The molecule has 0 aliphatic heterocycles. The monoisotopic (exact) mass is 308 g/mol. The molecule has 1 N–H and O–H groups in total. The quantitative estimate of drug-likeness (QED) is 0.876. The highest BCUT2D eigenvalue weighted by Gasteiger charge is 2.32. The van der Waals surface area contributed by atoms with E-state index in [0.717, 1.165) is 4.90 Å². The van der Waals surface area contributed by atoms with E-state index >= 15 is 0 Å². The Balaban J connectivity index is 2.36. The number of carbonyl (C=O) groups excluding carboxylic acids is 2. The zero-order chi connectivity index (χ0) is 15.2. The van der Waals surface area contributed by atoms with Gasteiger partial charge in [-0.15, -0.1) is 0 Å². The average Bonchev–Trinajstić information content (AvgIpc) is 2.88. The summed E-state index contributed by atoms with van der Waals surface area (Å²) in [5.74, 6) is -0.964. The van der Waals surface area contributed by atoms with Crippen molar-refractivity contribution in [3.05, 3.63) is 22.4 Å². The van der Waals surface area contributed by atoms with Gasteiger partial charge in [-0.1, -0.05) is 0 Å². The average molecular weight is 308 g/mol. The second kappa shape index (κ2) is 7.28. The summed E-state index contributed by atoms with van der Waals surface area (Å²) in [7, 11) is 0. The molecule has 0 unspecified atom stereocenters. The first-order valence-electron chi connectivity index (χ1n) is 5.98. The minimum absolute atomic E-state index is 0.0157. The van der Waals surface area contributed by atoms with Crippen LogP contribution in [0, 0.1) is 0 Å². The zero-order valence-corrected chi connectivity index (χ0v) is 11.7. The standard InChI is InChI=1S/C12H15F3N2O2S/c1-2-17(8-12(13,14)15)10(18)3-5-16-11(19)9-4-6-20-7-9/h4,6-7H,2-3,5,8H2,1H3,(H,16,19). The third kappa shape index (κ3) is 5.60. The molecule has 0 aromatic carbocycles. The van der Waals surface area contributed by atoms with Crippen LogP contribution in [0.2, 0.25) is 0 Å². The number of nitrogens with zero attached hydrogens (tertiary/aromatic N) is 1. The molecule has 0 fully saturated rings.